The van der Waals surface area contributed by atoms with Crippen LogP contribution in [0.4, 0.5) is 0 Å². The Bertz CT molecular complexity index is 1410. The average molecular weight is 1360 g/mol. The van der Waals surface area contributed by atoms with Crippen LogP contribution >= 0.6 is 0 Å². The predicted molar refractivity (Wildman–Crippen MR) is 417 cm³/mol. The molecule has 96 heavy (non-hydrogen) atoms. The van der Waals surface area contributed by atoms with Crippen molar-refractivity contribution in [2.75, 3.05) is 39.3 Å². The number of ether oxygens (including phenoxy) is 3. The van der Waals surface area contributed by atoms with E-state index in [0.29, 0.717) is 75.9 Å². The minimum absolute atomic E-state index is 0.231. The normalized spacial score (nSPS) is 15.9. The summed E-state index contributed by atoms with van der Waals surface area (Å²) in [6.45, 7) is 18.4. The third-order valence-corrected chi connectivity index (χ3v) is 21.6. The number of unbranched alkanes of at least 4 members (excludes halogenated alkanes) is 48. The monoisotopic (exact) mass is 1350 g/mol. The van der Waals surface area contributed by atoms with E-state index in [4.69, 9.17) is 14.2 Å². The topological polar surface area (TPSA) is 115 Å². The van der Waals surface area contributed by atoms with Crippen LogP contribution in [0.2, 0.25) is 0 Å². The average Bonchev–Trinajstić information content (AvgIpc) is 1.36. The van der Waals surface area contributed by atoms with Crippen molar-refractivity contribution in [1.82, 2.24) is 16.0 Å². The van der Waals surface area contributed by atoms with Gasteiger partial charge in [-0.15, -0.1) is 0 Å². The smallest absolute Gasteiger partial charge is 0.307 e. The summed E-state index contributed by atoms with van der Waals surface area (Å²) in [5.74, 6) is 1.21. The van der Waals surface area contributed by atoms with E-state index in [1.54, 1.807) is 0 Å². The Hall–Kier alpha value is -1.71. The fourth-order valence-electron chi connectivity index (χ4n) is 15.2. The van der Waals surface area contributed by atoms with E-state index < -0.39 is 18.3 Å². The molecule has 0 aromatic rings. The SMILES string of the molecule is CCCCCCCCCCCCC(CCCCCCCCCC)CNCCC(=O)OC1CC(OC(=O)CCNCC(CCCCCCCCCC)CCCCCCCCCCCC)CC(OC(=O)CCNCC(CCCCCCCCCC)CCCCCCCCCCCC)C1. The Kier molecular flexibility index (Phi) is 71.6. The number of hydrogen-bond acceptors (Lipinski definition) is 9. The van der Waals surface area contributed by atoms with Gasteiger partial charge in [0.15, 0.2) is 0 Å². The van der Waals surface area contributed by atoms with E-state index in [2.05, 4.69) is 57.5 Å². The third-order valence-electron chi connectivity index (χ3n) is 21.6. The Balaban J connectivity index is 2.98. The van der Waals surface area contributed by atoms with Crippen LogP contribution in [-0.4, -0.2) is 75.5 Å². The Morgan fingerprint density at radius 1 is 0.240 bits per heavy atom. The molecule has 0 radical (unpaired) electrons. The van der Waals surface area contributed by atoms with Crippen LogP contribution in [-0.2, 0) is 28.6 Å². The second-order valence-corrected chi connectivity index (χ2v) is 31.2. The Labute approximate surface area is 600 Å². The predicted octanol–water partition coefficient (Wildman–Crippen LogP) is 26.2. The summed E-state index contributed by atoms with van der Waals surface area (Å²) >= 11 is 0. The molecular formula is C87H171N3O6. The van der Waals surface area contributed by atoms with Gasteiger partial charge in [0.05, 0.1) is 19.3 Å². The minimum Gasteiger partial charge on any atom is -0.462 e. The summed E-state index contributed by atoms with van der Waals surface area (Å²) in [5.41, 5.74) is 0. The molecular weight excluding hydrogens is 1180 g/mol. The first-order valence-corrected chi connectivity index (χ1v) is 44.0. The molecule has 0 heterocycles. The first-order valence-electron chi connectivity index (χ1n) is 44.0. The first kappa shape index (κ1) is 92.3. The van der Waals surface area contributed by atoms with Gasteiger partial charge in [0.1, 0.15) is 18.3 Å². The van der Waals surface area contributed by atoms with Crippen LogP contribution in [0.15, 0.2) is 0 Å². The van der Waals surface area contributed by atoms with Crippen LogP contribution in [0.5, 0.6) is 0 Å². The fraction of sp³-hybridized carbons (Fsp3) is 0.966. The molecule has 0 amide bonds. The lowest BCUT2D eigenvalue weighted by Gasteiger charge is -2.34. The van der Waals surface area contributed by atoms with E-state index >= 15 is 0 Å². The quantitative estimate of drug-likeness (QED) is 0.0311. The minimum atomic E-state index is -0.477. The molecule has 3 N–H and O–H groups in total. The molecule has 1 aliphatic carbocycles. The van der Waals surface area contributed by atoms with E-state index in [9.17, 15) is 14.4 Å². The van der Waals surface area contributed by atoms with E-state index in [0.717, 1.165) is 19.6 Å². The lowest BCUT2D eigenvalue weighted by Crippen LogP contribution is -2.40. The third kappa shape index (κ3) is 64.4. The van der Waals surface area contributed by atoms with Gasteiger partial charge in [-0.3, -0.25) is 14.4 Å². The summed E-state index contributed by atoms with van der Waals surface area (Å²) in [4.78, 5) is 41.1. The molecule has 0 aromatic carbocycles. The molecule has 9 heteroatoms. The van der Waals surface area contributed by atoms with Gasteiger partial charge in [-0.05, 0) is 75.9 Å². The molecule has 570 valence electrons. The van der Waals surface area contributed by atoms with Crippen LogP contribution in [0.3, 0.4) is 0 Å². The highest BCUT2D eigenvalue weighted by Crippen LogP contribution is 2.29. The van der Waals surface area contributed by atoms with Crippen molar-refractivity contribution in [3.63, 3.8) is 0 Å². The summed E-state index contributed by atoms with van der Waals surface area (Å²) in [6, 6.07) is 0. The summed E-state index contributed by atoms with van der Waals surface area (Å²) in [7, 11) is 0. The highest BCUT2D eigenvalue weighted by molar-refractivity contribution is 5.71. The van der Waals surface area contributed by atoms with Crippen molar-refractivity contribution < 1.29 is 28.6 Å². The first-order chi connectivity index (χ1) is 47.3. The van der Waals surface area contributed by atoms with Crippen molar-refractivity contribution >= 4 is 17.9 Å². The number of hydrogen-bond donors (Lipinski definition) is 3. The molecule has 0 saturated heterocycles. The molecule has 1 rings (SSSR count). The Morgan fingerprint density at radius 2 is 0.385 bits per heavy atom. The fourth-order valence-corrected chi connectivity index (χ4v) is 15.2. The summed E-state index contributed by atoms with van der Waals surface area (Å²) in [5, 5.41) is 11.1. The molecule has 1 fully saturated rings. The zero-order chi connectivity index (χ0) is 69.4. The largest absolute Gasteiger partial charge is 0.462 e. The van der Waals surface area contributed by atoms with Gasteiger partial charge in [-0.2, -0.15) is 0 Å². The zero-order valence-corrected chi connectivity index (χ0v) is 65.8. The van der Waals surface area contributed by atoms with Crippen LogP contribution in [0.25, 0.3) is 0 Å². The maximum atomic E-state index is 13.7. The van der Waals surface area contributed by atoms with Crippen molar-refractivity contribution in [2.24, 2.45) is 17.8 Å². The highest BCUT2D eigenvalue weighted by Gasteiger charge is 2.35. The molecule has 9 nitrogen and oxygen atoms in total. The van der Waals surface area contributed by atoms with E-state index in [-0.39, 0.29) is 17.9 Å². The number of rotatable bonds is 78. The van der Waals surface area contributed by atoms with E-state index in [1.807, 2.05) is 0 Å². The molecule has 1 saturated carbocycles. The number of nitrogens with one attached hydrogen (secondary N) is 3. The van der Waals surface area contributed by atoms with Crippen molar-refractivity contribution in [1.29, 1.82) is 0 Å². The number of esters is 3. The molecule has 3 atom stereocenters. The number of carbonyl (C=O) groups excluding carboxylic acids is 3. The molecule has 1 aliphatic rings. The van der Waals surface area contributed by atoms with Crippen LogP contribution < -0.4 is 16.0 Å². The van der Waals surface area contributed by atoms with Gasteiger partial charge < -0.3 is 30.2 Å². The Morgan fingerprint density at radius 3 is 0.542 bits per heavy atom. The highest BCUT2D eigenvalue weighted by atomic mass is 16.6. The van der Waals surface area contributed by atoms with Crippen LogP contribution in [0.1, 0.15) is 465 Å². The molecule has 0 spiro atoms. The summed E-state index contributed by atoms with van der Waals surface area (Å²) < 4.78 is 18.7. The maximum Gasteiger partial charge on any atom is 0.307 e. The standard InChI is InChI=1S/C87H171N3O6/c1-7-13-19-25-31-37-40-46-52-58-64-79(61-55-49-43-34-28-22-16-10-4)76-88-70-67-85(91)94-82-73-83(95-86(92)68-71-89-77-80(62-56-50-44-35-29-23-17-11-5)65-59-53-47-41-38-32-26-20-14-8-2)75-84(74-82)96-87(93)69-72-90-78-81(63-57-51-45-36-30-24-18-12-6)66-60-54-48-42-39-33-27-21-15-9-3/h79-84,88-90H,7-78H2,1-6H3. The molecule has 0 bridgehead atoms. The zero-order valence-electron chi connectivity index (χ0n) is 65.8. The van der Waals surface area contributed by atoms with Crippen molar-refractivity contribution in [2.45, 2.75) is 484 Å². The van der Waals surface area contributed by atoms with Crippen LogP contribution in [0, 0.1) is 17.8 Å². The van der Waals surface area contributed by atoms with Gasteiger partial charge in [0.2, 0.25) is 0 Å². The van der Waals surface area contributed by atoms with Crippen molar-refractivity contribution in [3.05, 3.63) is 0 Å². The molecule has 0 aromatic heterocycles. The van der Waals surface area contributed by atoms with Gasteiger partial charge in [-0.25, -0.2) is 0 Å². The summed E-state index contributed by atoms with van der Waals surface area (Å²) in [6.07, 6.45) is 81.5. The van der Waals surface area contributed by atoms with Gasteiger partial charge >= 0.3 is 17.9 Å². The van der Waals surface area contributed by atoms with E-state index in [1.165, 1.54) is 385 Å². The number of carbonyl (C=O) groups is 3. The van der Waals surface area contributed by atoms with Crippen molar-refractivity contribution in [3.8, 4) is 0 Å². The second kappa shape index (κ2) is 74.5. The second-order valence-electron chi connectivity index (χ2n) is 31.2. The molecule has 3 unspecified atom stereocenters. The lowest BCUT2D eigenvalue weighted by atomic mass is 9.92. The molecule has 0 aliphatic heterocycles. The lowest BCUT2D eigenvalue weighted by molar-refractivity contribution is -0.169. The maximum absolute atomic E-state index is 13.7. The van der Waals surface area contributed by atoms with Gasteiger partial charge in [0.25, 0.3) is 0 Å². The van der Waals surface area contributed by atoms with Gasteiger partial charge in [0, 0.05) is 38.9 Å². The van der Waals surface area contributed by atoms with Gasteiger partial charge in [-0.1, -0.05) is 388 Å².